The lowest BCUT2D eigenvalue weighted by molar-refractivity contribution is 0.0235. The highest BCUT2D eigenvalue weighted by atomic mass is 16.3. The van der Waals surface area contributed by atoms with Crippen molar-refractivity contribution in [3.05, 3.63) is 28.8 Å². The van der Waals surface area contributed by atoms with Crippen molar-refractivity contribution < 1.29 is 9.90 Å². The number of nitrogens with one attached hydrogen (secondary N) is 2. The number of tetrazole rings is 1. The van der Waals surface area contributed by atoms with Gasteiger partial charge >= 0.3 is 0 Å². The molecule has 2 aromatic rings. The molecule has 2 saturated carbocycles. The molecule has 7 heteroatoms. The highest BCUT2D eigenvalue weighted by Crippen LogP contribution is 2.60. The fourth-order valence-corrected chi connectivity index (χ4v) is 3.85. The summed E-state index contributed by atoms with van der Waals surface area (Å²) >= 11 is 0. The van der Waals surface area contributed by atoms with Crippen LogP contribution in [0.3, 0.4) is 0 Å². The summed E-state index contributed by atoms with van der Waals surface area (Å²) in [6, 6.07) is 4.01. The summed E-state index contributed by atoms with van der Waals surface area (Å²) in [5, 5.41) is 26.5. The van der Waals surface area contributed by atoms with Crippen molar-refractivity contribution in [3.8, 4) is 11.4 Å². The number of benzene rings is 1. The minimum absolute atomic E-state index is 0.0390. The first-order valence-electron chi connectivity index (χ1n) is 7.82. The van der Waals surface area contributed by atoms with Crippen LogP contribution in [0.1, 0.15) is 40.7 Å². The van der Waals surface area contributed by atoms with Crippen LogP contribution in [-0.2, 0) is 0 Å². The Labute approximate surface area is 133 Å². The van der Waals surface area contributed by atoms with Crippen LogP contribution >= 0.6 is 0 Å². The van der Waals surface area contributed by atoms with Gasteiger partial charge in [0, 0.05) is 17.2 Å². The summed E-state index contributed by atoms with van der Waals surface area (Å²) in [7, 11) is 0. The number of aliphatic hydroxyl groups excluding tert-OH is 1. The van der Waals surface area contributed by atoms with Crippen molar-refractivity contribution in [2.24, 2.45) is 5.41 Å². The third kappa shape index (κ3) is 2.31. The van der Waals surface area contributed by atoms with Crippen LogP contribution < -0.4 is 5.32 Å². The average Bonchev–Trinajstić information content (AvgIpc) is 2.93. The molecule has 23 heavy (non-hydrogen) atoms. The zero-order valence-electron chi connectivity index (χ0n) is 13.1. The molecule has 1 unspecified atom stereocenters. The first kappa shape index (κ1) is 14.3. The van der Waals surface area contributed by atoms with Gasteiger partial charge in [-0.1, -0.05) is 0 Å². The predicted octanol–water partition coefficient (Wildman–Crippen LogP) is 1.13. The molecule has 2 aliphatic carbocycles. The zero-order chi connectivity index (χ0) is 16.2. The van der Waals surface area contributed by atoms with Gasteiger partial charge in [0.15, 0.2) is 0 Å². The number of carbonyl (C=O) groups is 1. The number of amides is 1. The van der Waals surface area contributed by atoms with Gasteiger partial charge in [0.2, 0.25) is 5.82 Å². The van der Waals surface area contributed by atoms with E-state index in [1.54, 1.807) is 0 Å². The molecule has 3 N–H and O–H groups in total. The zero-order valence-corrected chi connectivity index (χ0v) is 13.1. The van der Waals surface area contributed by atoms with Crippen molar-refractivity contribution >= 4 is 5.91 Å². The number of nitrogens with zero attached hydrogens (tertiary/aromatic N) is 3. The molecule has 2 aliphatic rings. The molecule has 4 rings (SSSR count). The highest BCUT2D eigenvalue weighted by Gasteiger charge is 2.61. The molecule has 1 heterocycles. The highest BCUT2D eigenvalue weighted by molar-refractivity contribution is 5.98. The Bertz CT molecular complexity index is 742. The Kier molecular flexibility index (Phi) is 3.02. The molecule has 1 aromatic carbocycles. The lowest BCUT2D eigenvalue weighted by Crippen LogP contribution is -2.38. The first-order valence-corrected chi connectivity index (χ1v) is 7.82. The smallest absolute Gasteiger partial charge is 0.252 e. The van der Waals surface area contributed by atoms with E-state index in [0.29, 0.717) is 11.4 Å². The molecule has 0 aliphatic heterocycles. The summed E-state index contributed by atoms with van der Waals surface area (Å²) in [5.74, 6) is 0.482. The Morgan fingerprint density at radius 1 is 1.30 bits per heavy atom. The molecular weight excluding hydrogens is 294 g/mol. The van der Waals surface area contributed by atoms with E-state index in [2.05, 4.69) is 25.9 Å². The van der Waals surface area contributed by atoms with Gasteiger partial charge in [-0.15, -0.1) is 10.2 Å². The quantitative estimate of drug-likeness (QED) is 0.788. The standard InChI is InChI=1S/C16H19N5O2/c1-8-3-10(14-18-20-21-19-14)4-9(2)13(8)15(23)17-12-7-16(12)5-11(22)6-16/h3-4,11-12,22H,5-7H2,1-2H3,(H,17,23)(H,18,19,20,21). The molecule has 1 aromatic heterocycles. The van der Waals surface area contributed by atoms with Gasteiger partial charge in [0.05, 0.1) is 6.10 Å². The Morgan fingerprint density at radius 3 is 2.57 bits per heavy atom. The molecule has 1 spiro atoms. The lowest BCUT2D eigenvalue weighted by atomic mass is 9.78. The van der Waals surface area contributed by atoms with Gasteiger partial charge in [0.25, 0.3) is 5.91 Å². The molecule has 7 nitrogen and oxygen atoms in total. The normalized spacial score (nSPS) is 28.5. The second-order valence-electron chi connectivity index (χ2n) is 6.88. The number of hydrogen-bond donors (Lipinski definition) is 3. The summed E-state index contributed by atoms with van der Waals surface area (Å²) in [6.07, 6.45) is 2.42. The number of hydrogen-bond acceptors (Lipinski definition) is 5. The number of aromatic nitrogens is 4. The predicted molar refractivity (Wildman–Crippen MR) is 82.6 cm³/mol. The number of carbonyl (C=O) groups excluding carboxylic acids is 1. The van der Waals surface area contributed by atoms with Crippen LogP contribution in [0.5, 0.6) is 0 Å². The molecular formula is C16H19N5O2. The lowest BCUT2D eigenvalue weighted by Gasteiger charge is -2.32. The summed E-state index contributed by atoms with van der Waals surface area (Å²) in [4.78, 5) is 12.6. The van der Waals surface area contributed by atoms with Crippen LogP contribution in [-0.4, -0.2) is 43.8 Å². The van der Waals surface area contributed by atoms with Gasteiger partial charge in [-0.05, 0) is 67.0 Å². The van der Waals surface area contributed by atoms with Crippen LogP contribution in [0.2, 0.25) is 0 Å². The van der Waals surface area contributed by atoms with Gasteiger partial charge in [-0.25, -0.2) is 0 Å². The second-order valence-corrected chi connectivity index (χ2v) is 6.88. The van der Waals surface area contributed by atoms with E-state index in [1.165, 1.54) is 0 Å². The fourth-order valence-electron chi connectivity index (χ4n) is 3.85. The minimum Gasteiger partial charge on any atom is -0.393 e. The van der Waals surface area contributed by atoms with Gasteiger partial charge in [-0.2, -0.15) is 5.21 Å². The van der Waals surface area contributed by atoms with Crippen LogP contribution in [0.15, 0.2) is 12.1 Å². The van der Waals surface area contributed by atoms with E-state index in [4.69, 9.17) is 0 Å². The van der Waals surface area contributed by atoms with E-state index in [-0.39, 0.29) is 23.5 Å². The van der Waals surface area contributed by atoms with Gasteiger partial charge in [-0.3, -0.25) is 4.79 Å². The van der Waals surface area contributed by atoms with Crippen LogP contribution in [0.4, 0.5) is 0 Å². The van der Waals surface area contributed by atoms with Gasteiger partial charge < -0.3 is 10.4 Å². The summed E-state index contributed by atoms with van der Waals surface area (Å²) in [5.41, 5.74) is 3.51. The van der Waals surface area contributed by atoms with E-state index >= 15 is 0 Å². The molecule has 120 valence electrons. The summed E-state index contributed by atoms with van der Waals surface area (Å²) < 4.78 is 0. The number of aromatic amines is 1. The van der Waals surface area contributed by atoms with Crippen molar-refractivity contribution in [2.45, 2.75) is 45.3 Å². The van der Waals surface area contributed by atoms with E-state index in [9.17, 15) is 9.90 Å². The Balaban J connectivity index is 1.54. The van der Waals surface area contributed by atoms with Crippen molar-refractivity contribution in [1.29, 1.82) is 0 Å². The number of aryl methyl sites for hydroxylation is 2. The van der Waals surface area contributed by atoms with Crippen molar-refractivity contribution in [3.63, 3.8) is 0 Å². The number of H-pyrrole nitrogens is 1. The maximum atomic E-state index is 12.6. The van der Waals surface area contributed by atoms with Crippen molar-refractivity contribution in [2.75, 3.05) is 0 Å². The third-order valence-corrected chi connectivity index (χ3v) is 5.14. The molecule has 0 radical (unpaired) electrons. The topological polar surface area (TPSA) is 104 Å². The minimum atomic E-state index is -0.186. The van der Waals surface area contributed by atoms with Gasteiger partial charge in [0.1, 0.15) is 0 Å². The van der Waals surface area contributed by atoms with E-state index < -0.39 is 0 Å². The molecule has 0 saturated heterocycles. The first-order chi connectivity index (χ1) is 11.0. The molecule has 1 atom stereocenters. The number of rotatable bonds is 3. The fraction of sp³-hybridized carbons (Fsp3) is 0.500. The molecule has 1 amide bonds. The summed E-state index contributed by atoms with van der Waals surface area (Å²) in [6.45, 7) is 3.84. The monoisotopic (exact) mass is 313 g/mol. The average molecular weight is 313 g/mol. The Morgan fingerprint density at radius 2 is 2.00 bits per heavy atom. The maximum Gasteiger partial charge on any atom is 0.252 e. The van der Waals surface area contributed by atoms with E-state index in [0.717, 1.165) is 36.0 Å². The third-order valence-electron chi connectivity index (χ3n) is 5.14. The SMILES string of the molecule is Cc1cc(-c2nn[nH]n2)cc(C)c1C(=O)NC1CC12CC(O)C2. The molecule has 0 bridgehead atoms. The molecule has 2 fully saturated rings. The Hall–Kier alpha value is -2.28. The van der Waals surface area contributed by atoms with Crippen LogP contribution in [0, 0.1) is 19.3 Å². The maximum absolute atomic E-state index is 12.6. The second kappa shape index (κ2) is 4.86. The number of aliphatic hydroxyl groups is 1. The van der Waals surface area contributed by atoms with E-state index in [1.807, 2.05) is 26.0 Å². The largest absolute Gasteiger partial charge is 0.393 e. The van der Waals surface area contributed by atoms with Crippen molar-refractivity contribution in [1.82, 2.24) is 25.9 Å². The van der Waals surface area contributed by atoms with Crippen LogP contribution in [0.25, 0.3) is 11.4 Å².